The van der Waals surface area contributed by atoms with Gasteiger partial charge >= 0.3 is 0 Å². The average molecular weight is 104 g/mol. The molecule has 0 N–H and O–H groups in total. The maximum absolute atomic E-state index is 10.4. The molecule has 34 valence electrons. The minimum atomic E-state index is -4.67. The summed E-state index contributed by atoms with van der Waals surface area (Å²) in [4.78, 5) is 0. The van der Waals surface area contributed by atoms with Gasteiger partial charge in [-0.3, -0.25) is 0 Å². The Kier molecular flexibility index (Phi) is 1.11. The highest BCUT2D eigenvalue weighted by Crippen LogP contribution is 2.48. The third-order valence-corrected chi connectivity index (χ3v) is 0. The highest BCUT2D eigenvalue weighted by Gasteiger charge is 2.07. The van der Waals surface area contributed by atoms with Gasteiger partial charge in [-0.25, -0.2) is 0 Å². The highest BCUT2D eigenvalue weighted by atomic mass is 32.3. The first-order valence-corrected chi connectivity index (χ1v) is 2.61. The van der Waals surface area contributed by atoms with E-state index in [9.17, 15) is 11.7 Å². The van der Waals surface area contributed by atoms with Gasteiger partial charge in [-0.1, -0.05) is 0 Å². The number of rotatable bonds is 0. The molecule has 0 aliphatic rings. The van der Waals surface area contributed by atoms with Crippen molar-refractivity contribution in [3.8, 4) is 0 Å². The standard InChI is InChI=1S/CH3F3S/c1-5(2,3)4/h1H3. The Labute approximate surface area is 30.2 Å². The van der Waals surface area contributed by atoms with E-state index in [4.69, 9.17) is 0 Å². The summed E-state index contributed by atoms with van der Waals surface area (Å²) in [6, 6.07) is 0. The van der Waals surface area contributed by atoms with Gasteiger partial charge in [-0.15, -0.1) is 11.7 Å². The van der Waals surface area contributed by atoms with E-state index in [1.807, 2.05) is 0 Å². The maximum Gasteiger partial charge on any atom is 0.206 e. The Balaban J connectivity index is 3.02. The van der Waals surface area contributed by atoms with Crippen LogP contribution in [0.3, 0.4) is 0 Å². The van der Waals surface area contributed by atoms with Crippen molar-refractivity contribution in [2.45, 2.75) is 0 Å². The zero-order valence-electron chi connectivity index (χ0n) is 2.54. The second-order valence-corrected chi connectivity index (χ2v) is 1.91. The Morgan fingerprint density at radius 1 is 1.20 bits per heavy atom. The normalized spacial score (nSPS) is 15.2. The summed E-state index contributed by atoms with van der Waals surface area (Å²) in [5, 5.41) is 0. The summed E-state index contributed by atoms with van der Waals surface area (Å²) in [6.45, 7) is 0. The molecule has 0 spiro atoms. The molecule has 0 aromatic carbocycles. The van der Waals surface area contributed by atoms with Crippen LogP contribution < -0.4 is 0 Å². The molecule has 0 atom stereocenters. The number of hydrogen-bond donors (Lipinski definition) is 0. The van der Waals surface area contributed by atoms with Crippen LogP contribution in [0.15, 0.2) is 0 Å². The summed E-state index contributed by atoms with van der Waals surface area (Å²) in [6.07, 6.45) is 0.271. The third-order valence-electron chi connectivity index (χ3n) is 0. The van der Waals surface area contributed by atoms with Gasteiger partial charge in [-0.2, -0.15) is 0 Å². The Bertz CT molecular complexity index is 22.4. The topological polar surface area (TPSA) is 0 Å². The van der Waals surface area contributed by atoms with Crippen molar-refractivity contribution in [3.63, 3.8) is 0 Å². The van der Waals surface area contributed by atoms with Crippen LogP contribution in [0, 0.1) is 0 Å². The van der Waals surface area contributed by atoms with E-state index < -0.39 is 11.2 Å². The number of hydrogen-bond acceptors (Lipinski definition) is 0. The lowest BCUT2D eigenvalue weighted by Crippen LogP contribution is -1.58. The maximum atomic E-state index is 10.4. The SMILES string of the molecule is CS(F)(F)F. The first kappa shape index (κ1) is 5.14. The molecular formula is CH3F3S. The van der Waals surface area contributed by atoms with Crippen LogP contribution in [0.4, 0.5) is 11.7 Å². The van der Waals surface area contributed by atoms with Crippen molar-refractivity contribution < 1.29 is 11.7 Å². The smallest absolute Gasteiger partial charge is 0.125 e. The van der Waals surface area contributed by atoms with Gasteiger partial charge < -0.3 is 0 Å². The lowest BCUT2D eigenvalue weighted by atomic mass is 12.0. The first-order valence-electron chi connectivity index (χ1n) is 0.871. The van der Waals surface area contributed by atoms with Crippen molar-refractivity contribution in [1.82, 2.24) is 0 Å². The predicted molar refractivity (Wildman–Crippen MR) is 16.8 cm³/mol. The Hall–Kier alpha value is 0.140. The fourth-order valence-electron chi connectivity index (χ4n) is 0. The molecule has 0 aliphatic carbocycles. The Morgan fingerprint density at radius 3 is 1.20 bits per heavy atom. The zero-order chi connectivity index (χ0) is 4.50. The highest BCUT2D eigenvalue weighted by molar-refractivity contribution is 8.20. The van der Waals surface area contributed by atoms with Gasteiger partial charge in [0.2, 0.25) is 11.2 Å². The van der Waals surface area contributed by atoms with Crippen LogP contribution >= 0.6 is 11.2 Å². The molecule has 0 heterocycles. The second-order valence-electron chi connectivity index (χ2n) is 0.638. The van der Waals surface area contributed by atoms with Crippen LogP contribution in [-0.2, 0) is 0 Å². The predicted octanol–water partition coefficient (Wildman–Crippen LogP) is 2.07. The first-order chi connectivity index (χ1) is 2.00. The van der Waals surface area contributed by atoms with E-state index in [0.717, 1.165) is 0 Å². The zero-order valence-corrected chi connectivity index (χ0v) is 3.36. The summed E-state index contributed by atoms with van der Waals surface area (Å²) in [5.41, 5.74) is 0. The number of halogens is 3. The summed E-state index contributed by atoms with van der Waals surface area (Å²) in [5.74, 6) is 0. The van der Waals surface area contributed by atoms with Gasteiger partial charge in [0.05, 0.1) is 0 Å². The fourth-order valence-corrected chi connectivity index (χ4v) is 0. The van der Waals surface area contributed by atoms with Gasteiger partial charge in [0.25, 0.3) is 0 Å². The van der Waals surface area contributed by atoms with Crippen LogP contribution in [0.25, 0.3) is 0 Å². The molecule has 0 aliphatic heterocycles. The Morgan fingerprint density at radius 2 is 1.20 bits per heavy atom. The molecule has 0 rings (SSSR count). The van der Waals surface area contributed by atoms with Gasteiger partial charge in [0, 0.05) is 6.26 Å². The molecule has 0 amide bonds. The second kappa shape index (κ2) is 1.08. The monoisotopic (exact) mass is 104 g/mol. The van der Waals surface area contributed by atoms with E-state index >= 15 is 0 Å². The minimum Gasteiger partial charge on any atom is -0.125 e. The minimum absolute atomic E-state index is 0.271. The fraction of sp³-hybridized carbons (Fsp3) is 1.00. The van der Waals surface area contributed by atoms with Gasteiger partial charge in [-0.05, 0) is 0 Å². The van der Waals surface area contributed by atoms with Crippen molar-refractivity contribution in [2.24, 2.45) is 0 Å². The quantitative estimate of drug-likeness (QED) is 0.441. The van der Waals surface area contributed by atoms with Crippen molar-refractivity contribution >= 4 is 11.2 Å². The van der Waals surface area contributed by atoms with Crippen LogP contribution in [0.5, 0.6) is 0 Å². The molecule has 0 saturated carbocycles. The molecule has 0 nitrogen and oxygen atoms in total. The molecule has 0 unspecified atom stereocenters. The molecule has 5 heavy (non-hydrogen) atoms. The van der Waals surface area contributed by atoms with Crippen molar-refractivity contribution in [2.75, 3.05) is 6.26 Å². The summed E-state index contributed by atoms with van der Waals surface area (Å²) in [7, 11) is 0. The van der Waals surface area contributed by atoms with Crippen LogP contribution in [0.1, 0.15) is 0 Å². The van der Waals surface area contributed by atoms with E-state index in [2.05, 4.69) is 0 Å². The molecule has 0 fully saturated rings. The van der Waals surface area contributed by atoms with E-state index in [0.29, 0.717) is 0 Å². The van der Waals surface area contributed by atoms with Crippen molar-refractivity contribution in [3.05, 3.63) is 0 Å². The summed E-state index contributed by atoms with van der Waals surface area (Å²) >= 11 is -4.67. The van der Waals surface area contributed by atoms with Gasteiger partial charge in [0.1, 0.15) is 0 Å². The molecule has 0 saturated heterocycles. The van der Waals surface area contributed by atoms with E-state index in [1.54, 1.807) is 0 Å². The molecule has 0 bridgehead atoms. The molecule has 0 aromatic heterocycles. The van der Waals surface area contributed by atoms with Crippen LogP contribution in [0.2, 0.25) is 0 Å². The van der Waals surface area contributed by atoms with E-state index in [-0.39, 0.29) is 6.26 Å². The lowest BCUT2D eigenvalue weighted by Gasteiger charge is -1.94. The summed E-state index contributed by atoms with van der Waals surface area (Å²) < 4.78 is 31.3. The van der Waals surface area contributed by atoms with Gasteiger partial charge in [0.15, 0.2) is 0 Å². The third kappa shape index (κ3) is 967. The molecule has 4 heteroatoms. The lowest BCUT2D eigenvalue weighted by molar-refractivity contribution is 0.647. The van der Waals surface area contributed by atoms with Crippen molar-refractivity contribution in [1.29, 1.82) is 0 Å². The van der Waals surface area contributed by atoms with E-state index in [1.165, 1.54) is 0 Å². The molecular weight excluding hydrogens is 101 g/mol. The molecule has 0 radical (unpaired) electrons. The van der Waals surface area contributed by atoms with Crippen LogP contribution in [-0.4, -0.2) is 6.26 Å². The average Bonchev–Trinajstić information content (AvgIpc) is 0.722. The molecule has 0 aromatic rings. The largest absolute Gasteiger partial charge is 0.206 e.